The molecule has 0 aromatic carbocycles. The maximum atomic E-state index is 4.04. The van der Waals surface area contributed by atoms with Crippen LogP contribution >= 0.6 is 0 Å². The van der Waals surface area contributed by atoms with Gasteiger partial charge in [-0.25, -0.2) is 0 Å². The van der Waals surface area contributed by atoms with E-state index in [1.54, 1.807) is 0 Å². The molecule has 1 heterocycles. The number of rotatable bonds is 5. The Hall–Kier alpha value is -1.64. The minimum atomic E-state index is -1.62. The van der Waals surface area contributed by atoms with Crippen molar-refractivity contribution in [3.8, 4) is 0 Å². The molecule has 2 heteroatoms. The Balaban J connectivity index is 1.40. The normalized spacial score (nSPS) is 46.2. The fraction of sp³-hybridized carbons (Fsp3) is 0.562. The molecule has 6 rings (SSSR count). The van der Waals surface area contributed by atoms with Crippen molar-refractivity contribution in [3.05, 3.63) is 85.1 Å². The fourth-order valence-corrected chi connectivity index (χ4v) is 15.2. The molecule has 11 atom stereocenters. The summed E-state index contributed by atoms with van der Waals surface area (Å²) in [6.45, 7) is 11.9. The predicted octanol–water partition coefficient (Wildman–Crippen LogP) is 7.58. The minimum absolute atomic E-state index is 0.584. The molecule has 2 saturated carbocycles. The molecule has 1 aliphatic heterocycles. The number of likely N-dealkylation sites (N-methyl/N-ethyl adjacent to an activating group) is 1. The van der Waals surface area contributed by atoms with Crippen LogP contribution < -0.4 is 0 Å². The zero-order chi connectivity index (χ0) is 23.6. The molecule has 0 aromatic heterocycles. The van der Waals surface area contributed by atoms with Gasteiger partial charge in [-0.1, -0.05) is 91.6 Å². The Morgan fingerprint density at radius 3 is 2.35 bits per heavy atom. The van der Waals surface area contributed by atoms with Crippen LogP contribution in [0.15, 0.2) is 85.1 Å². The van der Waals surface area contributed by atoms with Gasteiger partial charge in [0.05, 0.1) is 8.07 Å². The van der Waals surface area contributed by atoms with E-state index < -0.39 is 8.07 Å². The largest absolute Gasteiger partial charge is 0.296 e. The third kappa shape index (κ3) is 3.28. The number of nitrogens with zero attached hydrogens (tertiary/aromatic N) is 1. The summed E-state index contributed by atoms with van der Waals surface area (Å²) in [4.78, 5) is 2.77. The van der Waals surface area contributed by atoms with Crippen LogP contribution in [0.5, 0.6) is 0 Å². The number of fused-ring (bicyclic) bond motifs is 6. The molecule has 3 fully saturated rings. The van der Waals surface area contributed by atoms with Crippen LogP contribution in [-0.4, -0.2) is 32.1 Å². The second-order valence-electron chi connectivity index (χ2n) is 12.7. The van der Waals surface area contributed by atoms with Crippen molar-refractivity contribution in [1.82, 2.24) is 4.90 Å². The Kier molecular flexibility index (Phi) is 5.69. The maximum absolute atomic E-state index is 4.04. The van der Waals surface area contributed by atoms with E-state index in [1.165, 1.54) is 18.4 Å². The Morgan fingerprint density at radius 1 is 0.941 bits per heavy atom. The van der Waals surface area contributed by atoms with Gasteiger partial charge in [0.25, 0.3) is 0 Å². The molecule has 34 heavy (non-hydrogen) atoms. The lowest BCUT2D eigenvalue weighted by atomic mass is 9.82. The van der Waals surface area contributed by atoms with E-state index in [0.29, 0.717) is 23.9 Å². The Morgan fingerprint density at radius 2 is 1.62 bits per heavy atom. The molecular weight excluding hydrogens is 426 g/mol. The van der Waals surface area contributed by atoms with Gasteiger partial charge in [0.2, 0.25) is 0 Å². The molecule has 1 saturated heterocycles. The van der Waals surface area contributed by atoms with Crippen LogP contribution in [0.25, 0.3) is 0 Å². The Labute approximate surface area is 208 Å². The molecule has 180 valence electrons. The van der Waals surface area contributed by atoms with Gasteiger partial charge in [-0.05, 0) is 79.8 Å². The summed E-state index contributed by atoms with van der Waals surface area (Å²) in [5.41, 5.74) is 3.20. The minimum Gasteiger partial charge on any atom is -0.296 e. The highest BCUT2D eigenvalue weighted by Gasteiger charge is 2.65. The molecule has 0 radical (unpaired) electrons. The van der Waals surface area contributed by atoms with Crippen LogP contribution in [0.2, 0.25) is 24.2 Å². The van der Waals surface area contributed by atoms with Gasteiger partial charge in [0, 0.05) is 18.0 Å². The van der Waals surface area contributed by atoms with Crippen LogP contribution in [0, 0.1) is 41.4 Å². The van der Waals surface area contributed by atoms with Crippen molar-refractivity contribution in [2.75, 3.05) is 7.05 Å². The van der Waals surface area contributed by atoms with Crippen molar-refractivity contribution in [3.63, 3.8) is 0 Å². The highest BCUT2D eigenvalue weighted by Crippen LogP contribution is 2.66. The van der Waals surface area contributed by atoms with Crippen LogP contribution in [-0.2, 0) is 0 Å². The summed E-state index contributed by atoms with van der Waals surface area (Å²) in [6, 6.07) is 1.26. The lowest BCUT2D eigenvalue weighted by Gasteiger charge is -2.45. The monoisotopic (exact) mass is 469 g/mol. The first-order chi connectivity index (χ1) is 16.4. The van der Waals surface area contributed by atoms with Crippen LogP contribution in [0.1, 0.15) is 26.2 Å². The number of hydrogen-bond acceptors (Lipinski definition) is 1. The molecule has 1 nitrogen and oxygen atoms in total. The van der Waals surface area contributed by atoms with Crippen LogP contribution in [0.4, 0.5) is 0 Å². The quantitative estimate of drug-likeness (QED) is 0.296. The lowest BCUT2D eigenvalue weighted by molar-refractivity contribution is 0.219. The van der Waals surface area contributed by atoms with E-state index in [0.717, 1.165) is 47.1 Å². The van der Waals surface area contributed by atoms with Crippen molar-refractivity contribution in [2.45, 2.75) is 62.4 Å². The van der Waals surface area contributed by atoms with Gasteiger partial charge < -0.3 is 0 Å². The molecule has 5 aliphatic carbocycles. The number of likely N-dealkylation sites (tertiary alicyclic amines) is 1. The molecule has 6 aliphatic rings. The van der Waals surface area contributed by atoms with E-state index in [-0.39, 0.29) is 0 Å². The molecule has 0 amide bonds. The van der Waals surface area contributed by atoms with Crippen molar-refractivity contribution in [1.29, 1.82) is 0 Å². The summed E-state index contributed by atoms with van der Waals surface area (Å²) in [5, 5.41) is 0. The van der Waals surface area contributed by atoms with Crippen molar-refractivity contribution < 1.29 is 0 Å². The topological polar surface area (TPSA) is 3.24 Å². The summed E-state index contributed by atoms with van der Waals surface area (Å²) in [5.74, 6) is 5.19. The first kappa shape index (κ1) is 22.8. The fourth-order valence-electron chi connectivity index (χ4n) is 9.70. The van der Waals surface area contributed by atoms with Gasteiger partial charge in [0.15, 0.2) is 0 Å². The lowest BCUT2D eigenvalue weighted by Crippen LogP contribution is -2.46. The standard InChI is InChI=1S/C32H43NSi/c1-6-7-12-22-20-29(24-14-9-8-13-23(22)24)34(4,5)32-26-16-11-10-15-25(26)31-30(32)27-19-21(2)17-18-28(27)33(31)3/h6,8-11,13-19,22-32H,1,7,12,20H2,2-5H3. The zero-order valence-corrected chi connectivity index (χ0v) is 22.6. The third-order valence-electron chi connectivity index (χ3n) is 11.0. The Bertz CT molecular complexity index is 1010. The average Bonchev–Trinajstić information content (AvgIpc) is 3.47. The summed E-state index contributed by atoms with van der Waals surface area (Å²) < 4.78 is 0. The van der Waals surface area contributed by atoms with Gasteiger partial charge in [0.1, 0.15) is 0 Å². The van der Waals surface area contributed by atoms with Gasteiger partial charge in [-0.2, -0.15) is 0 Å². The molecule has 0 aromatic rings. The summed E-state index contributed by atoms with van der Waals surface area (Å²) in [7, 11) is 0.799. The predicted molar refractivity (Wildman–Crippen MR) is 148 cm³/mol. The second-order valence-corrected chi connectivity index (χ2v) is 17.8. The van der Waals surface area contributed by atoms with Crippen LogP contribution in [0.3, 0.4) is 0 Å². The van der Waals surface area contributed by atoms with E-state index in [4.69, 9.17) is 0 Å². The number of allylic oxidation sites excluding steroid dienone is 10. The highest BCUT2D eigenvalue weighted by molar-refractivity contribution is 6.80. The van der Waals surface area contributed by atoms with Crippen molar-refractivity contribution in [2.24, 2.45) is 41.4 Å². The highest BCUT2D eigenvalue weighted by atomic mass is 28.3. The second kappa shape index (κ2) is 8.49. The third-order valence-corrected chi connectivity index (χ3v) is 16.0. The number of hydrogen-bond donors (Lipinski definition) is 0. The molecule has 0 spiro atoms. The van der Waals surface area contributed by atoms with E-state index in [2.05, 4.69) is 111 Å². The van der Waals surface area contributed by atoms with Gasteiger partial charge in [-0.15, -0.1) is 6.58 Å². The maximum Gasteiger partial charge on any atom is 0.0551 e. The summed E-state index contributed by atoms with van der Waals surface area (Å²) in [6.07, 6.45) is 33.4. The molecule has 0 N–H and O–H groups in total. The average molecular weight is 470 g/mol. The van der Waals surface area contributed by atoms with E-state index in [9.17, 15) is 0 Å². The first-order valence-electron chi connectivity index (χ1n) is 13.8. The van der Waals surface area contributed by atoms with Gasteiger partial charge in [-0.3, -0.25) is 4.90 Å². The van der Waals surface area contributed by atoms with Crippen molar-refractivity contribution >= 4 is 8.07 Å². The SMILES string of the molecule is C=CCCC1CC([Si](C)(C)C2C3C=CC=CC3C3C2C2C=C(C)C=CC2N3C)C2C=CC=CC12. The zero-order valence-electron chi connectivity index (χ0n) is 21.6. The molecular formula is C32H43NSi. The molecule has 11 unspecified atom stereocenters. The first-order valence-corrected chi connectivity index (χ1v) is 17.0. The summed E-state index contributed by atoms with van der Waals surface area (Å²) >= 11 is 0. The van der Waals surface area contributed by atoms with Gasteiger partial charge >= 0.3 is 0 Å². The molecule has 0 bridgehead atoms. The van der Waals surface area contributed by atoms with E-state index >= 15 is 0 Å². The van der Waals surface area contributed by atoms with E-state index in [1.807, 2.05) is 0 Å². The smallest absolute Gasteiger partial charge is 0.0551 e.